The Morgan fingerprint density at radius 3 is 2.21 bits per heavy atom. The van der Waals surface area contributed by atoms with Crippen LogP contribution < -0.4 is 5.32 Å². The first-order valence-corrected chi connectivity index (χ1v) is 8.56. The van der Waals surface area contributed by atoms with Crippen molar-refractivity contribution in [1.29, 1.82) is 0 Å². The topological polar surface area (TPSA) is 75.7 Å². The number of hydrogen-bond donors (Lipinski definition) is 1. The minimum absolute atomic E-state index is 0.0375. The number of carbonyl (C=O) groups is 3. The molecule has 2 aromatic carbocycles. The van der Waals surface area contributed by atoms with Gasteiger partial charge in [-0.15, -0.1) is 0 Å². The van der Waals surface area contributed by atoms with Crippen molar-refractivity contribution >= 4 is 17.8 Å². The highest BCUT2D eigenvalue weighted by Crippen LogP contribution is 2.29. The van der Waals surface area contributed by atoms with Gasteiger partial charge in [0.15, 0.2) is 6.61 Å². The van der Waals surface area contributed by atoms with E-state index in [0.717, 1.165) is 29.8 Å². The molecule has 0 radical (unpaired) electrons. The fraction of sp³-hybridized carbons (Fsp3) is 0.250. The molecule has 2 rings (SSSR count). The number of amides is 2. The van der Waals surface area contributed by atoms with Crippen LogP contribution >= 0.6 is 0 Å². The Morgan fingerprint density at radius 2 is 1.62 bits per heavy atom. The van der Waals surface area contributed by atoms with Gasteiger partial charge in [-0.2, -0.15) is 13.2 Å². The van der Waals surface area contributed by atoms with Crippen molar-refractivity contribution in [3.63, 3.8) is 0 Å². The summed E-state index contributed by atoms with van der Waals surface area (Å²) < 4.78 is 42.4. The lowest BCUT2D eigenvalue weighted by atomic mass is 10.1. The lowest BCUT2D eigenvalue weighted by Crippen LogP contribution is -2.34. The van der Waals surface area contributed by atoms with E-state index in [4.69, 9.17) is 4.74 Å². The average molecular weight is 408 g/mol. The van der Waals surface area contributed by atoms with E-state index in [1.165, 1.54) is 4.90 Å². The molecule has 0 spiro atoms. The van der Waals surface area contributed by atoms with Gasteiger partial charge >= 0.3 is 12.1 Å². The highest BCUT2D eigenvalue weighted by molar-refractivity contribution is 5.96. The SMILES string of the molecule is CN(Cc1ccccc1)C(=O)COC(=O)CNC(=O)c1ccc(C(F)(F)F)cc1. The van der Waals surface area contributed by atoms with Crippen LogP contribution in [-0.4, -0.2) is 42.9 Å². The number of likely N-dealkylation sites (N-methyl/N-ethyl adjacent to an activating group) is 1. The molecule has 0 atom stereocenters. The summed E-state index contributed by atoms with van der Waals surface area (Å²) in [5.74, 6) is -1.99. The smallest absolute Gasteiger partial charge is 0.416 e. The van der Waals surface area contributed by atoms with Gasteiger partial charge in [0.05, 0.1) is 5.56 Å². The molecule has 6 nitrogen and oxygen atoms in total. The second-order valence-corrected chi connectivity index (χ2v) is 6.15. The van der Waals surface area contributed by atoms with Crippen molar-refractivity contribution < 1.29 is 32.3 Å². The van der Waals surface area contributed by atoms with E-state index in [9.17, 15) is 27.6 Å². The third kappa shape index (κ3) is 6.95. The largest absolute Gasteiger partial charge is 0.454 e. The van der Waals surface area contributed by atoms with Crippen LogP contribution in [0.25, 0.3) is 0 Å². The number of esters is 1. The molecule has 154 valence electrons. The van der Waals surface area contributed by atoms with Crippen LogP contribution in [0, 0.1) is 0 Å². The number of rotatable bonds is 7. The maximum Gasteiger partial charge on any atom is 0.416 e. The Morgan fingerprint density at radius 1 is 1.00 bits per heavy atom. The summed E-state index contributed by atoms with van der Waals surface area (Å²) in [7, 11) is 1.57. The van der Waals surface area contributed by atoms with Crippen molar-refractivity contribution in [3.8, 4) is 0 Å². The average Bonchev–Trinajstić information content (AvgIpc) is 2.70. The zero-order valence-corrected chi connectivity index (χ0v) is 15.5. The summed E-state index contributed by atoms with van der Waals surface area (Å²) in [6.45, 7) is -0.657. The number of halogens is 3. The van der Waals surface area contributed by atoms with E-state index in [-0.39, 0.29) is 5.56 Å². The van der Waals surface area contributed by atoms with Gasteiger partial charge in [-0.05, 0) is 29.8 Å². The van der Waals surface area contributed by atoms with Crippen LogP contribution in [0.5, 0.6) is 0 Å². The first-order valence-electron chi connectivity index (χ1n) is 8.56. The van der Waals surface area contributed by atoms with E-state index in [1.807, 2.05) is 30.3 Å². The van der Waals surface area contributed by atoms with Gasteiger partial charge in [-0.25, -0.2) is 0 Å². The Balaban J connectivity index is 1.74. The summed E-state index contributed by atoms with van der Waals surface area (Å²) in [6, 6.07) is 12.8. The molecule has 29 heavy (non-hydrogen) atoms. The first kappa shape index (κ1) is 21.9. The zero-order valence-electron chi connectivity index (χ0n) is 15.5. The predicted octanol–water partition coefficient (Wildman–Crippen LogP) is 2.64. The fourth-order valence-corrected chi connectivity index (χ4v) is 2.31. The standard InChI is InChI=1S/C20H19F3N2O4/c1-25(12-14-5-3-2-4-6-14)17(26)13-29-18(27)11-24-19(28)15-7-9-16(10-8-15)20(21,22)23/h2-10H,11-13H2,1H3,(H,24,28). The Hall–Kier alpha value is -3.36. The van der Waals surface area contributed by atoms with Gasteiger partial charge < -0.3 is 15.0 Å². The molecule has 0 bridgehead atoms. The van der Waals surface area contributed by atoms with Crippen LogP contribution in [-0.2, 0) is 27.0 Å². The molecule has 0 aliphatic rings. The van der Waals surface area contributed by atoms with Crippen LogP contribution in [0.4, 0.5) is 13.2 Å². The summed E-state index contributed by atoms with van der Waals surface area (Å²) in [4.78, 5) is 37.0. The van der Waals surface area contributed by atoms with Crippen LogP contribution in [0.15, 0.2) is 54.6 Å². The molecule has 0 saturated carbocycles. The quantitative estimate of drug-likeness (QED) is 0.715. The van der Waals surface area contributed by atoms with Crippen molar-refractivity contribution in [2.45, 2.75) is 12.7 Å². The van der Waals surface area contributed by atoms with Crippen molar-refractivity contribution in [2.75, 3.05) is 20.2 Å². The Kier molecular flexibility index (Phi) is 7.35. The zero-order chi connectivity index (χ0) is 21.4. The number of nitrogens with zero attached hydrogens (tertiary/aromatic N) is 1. The lowest BCUT2D eigenvalue weighted by molar-refractivity contribution is -0.150. The van der Waals surface area contributed by atoms with E-state index in [2.05, 4.69) is 5.32 Å². The van der Waals surface area contributed by atoms with Crippen molar-refractivity contribution in [3.05, 3.63) is 71.3 Å². The Bertz CT molecular complexity index is 852. The highest BCUT2D eigenvalue weighted by Gasteiger charge is 2.30. The number of benzene rings is 2. The third-order valence-electron chi connectivity index (χ3n) is 3.91. The number of hydrogen-bond acceptors (Lipinski definition) is 4. The molecule has 2 aromatic rings. The van der Waals surface area contributed by atoms with E-state index in [1.54, 1.807) is 7.05 Å². The number of nitrogens with one attached hydrogen (secondary N) is 1. The highest BCUT2D eigenvalue weighted by atomic mass is 19.4. The molecule has 0 unspecified atom stereocenters. The molecule has 0 saturated heterocycles. The van der Waals surface area contributed by atoms with Gasteiger partial charge in [0.1, 0.15) is 6.54 Å². The van der Waals surface area contributed by atoms with Gasteiger partial charge in [0.2, 0.25) is 0 Å². The van der Waals surface area contributed by atoms with E-state index >= 15 is 0 Å². The molecule has 0 fully saturated rings. The third-order valence-corrected chi connectivity index (χ3v) is 3.91. The number of carbonyl (C=O) groups excluding carboxylic acids is 3. The van der Waals surface area contributed by atoms with Gasteiger partial charge in [0, 0.05) is 19.2 Å². The predicted molar refractivity (Wildman–Crippen MR) is 97.7 cm³/mol. The summed E-state index contributed by atoms with van der Waals surface area (Å²) in [5.41, 5.74) is -0.00505. The van der Waals surface area contributed by atoms with Gasteiger partial charge in [-0.1, -0.05) is 30.3 Å². The molecule has 0 heterocycles. The fourth-order valence-electron chi connectivity index (χ4n) is 2.31. The second-order valence-electron chi connectivity index (χ2n) is 6.15. The molecule has 2 amide bonds. The van der Waals surface area contributed by atoms with Crippen LogP contribution in [0.3, 0.4) is 0 Å². The van der Waals surface area contributed by atoms with E-state index < -0.39 is 42.7 Å². The van der Waals surface area contributed by atoms with Crippen molar-refractivity contribution in [2.24, 2.45) is 0 Å². The molecular weight excluding hydrogens is 389 g/mol. The minimum Gasteiger partial charge on any atom is -0.454 e. The lowest BCUT2D eigenvalue weighted by Gasteiger charge is -2.17. The molecule has 0 aliphatic carbocycles. The molecular formula is C20H19F3N2O4. The summed E-state index contributed by atoms with van der Waals surface area (Å²) in [5, 5.41) is 2.23. The molecule has 9 heteroatoms. The Labute approximate surface area is 165 Å². The van der Waals surface area contributed by atoms with Crippen LogP contribution in [0.2, 0.25) is 0 Å². The monoisotopic (exact) mass is 408 g/mol. The maximum atomic E-state index is 12.5. The summed E-state index contributed by atoms with van der Waals surface area (Å²) >= 11 is 0. The molecule has 0 aliphatic heterocycles. The maximum absolute atomic E-state index is 12.5. The van der Waals surface area contributed by atoms with E-state index in [0.29, 0.717) is 6.54 Å². The van der Waals surface area contributed by atoms with Crippen LogP contribution in [0.1, 0.15) is 21.5 Å². The van der Waals surface area contributed by atoms with Gasteiger partial charge in [-0.3, -0.25) is 14.4 Å². The van der Waals surface area contributed by atoms with Gasteiger partial charge in [0.25, 0.3) is 11.8 Å². The second kappa shape index (κ2) is 9.72. The molecule has 0 aromatic heterocycles. The number of alkyl halides is 3. The molecule has 1 N–H and O–H groups in total. The van der Waals surface area contributed by atoms with Crippen molar-refractivity contribution in [1.82, 2.24) is 10.2 Å². The normalized spacial score (nSPS) is 10.9. The number of ether oxygens (including phenoxy) is 1. The summed E-state index contributed by atoms with van der Waals surface area (Å²) in [6.07, 6.45) is -4.50. The minimum atomic E-state index is -4.50. The first-order chi connectivity index (χ1) is 13.7.